The molecule has 0 saturated carbocycles. The van der Waals surface area contributed by atoms with E-state index >= 15 is 0 Å². The van der Waals surface area contributed by atoms with Crippen molar-refractivity contribution in [2.45, 2.75) is 30.7 Å². The Morgan fingerprint density at radius 3 is 2.29 bits per heavy atom. The van der Waals surface area contributed by atoms with Gasteiger partial charge in [0.1, 0.15) is 0 Å². The molecule has 0 aromatic heterocycles. The van der Waals surface area contributed by atoms with Crippen LogP contribution in [0.15, 0.2) is 59.5 Å². The van der Waals surface area contributed by atoms with E-state index in [1.807, 2.05) is 30.3 Å². The molecule has 0 unspecified atom stereocenters. The number of carbonyl (C=O) groups is 1. The van der Waals surface area contributed by atoms with Crippen LogP contribution in [0.1, 0.15) is 24.8 Å². The number of nitrogens with one attached hydrogen (secondary N) is 1. The van der Waals surface area contributed by atoms with Crippen molar-refractivity contribution in [3.8, 4) is 0 Å². The monoisotopic (exact) mass is 401 g/mol. The molecule has 28 heavy (non-hydrogen) atoms. The number of likely N-dealkylation sites (tertiary alicyclic amines) is 1. The lowest BCUT2D eigenvalue weighted by molar-refractivity contribution is -0.117. The zero-order valence-corrected chi connectivity index (χ0v) is 17.0. The number of nitrogens with zero attached hydrogens (tertiary/aromatic N) is 2. The summed E-state index contributed by atoms with van der Waals surface area (Å²) >= 11 is 0. The van der Waals surface area contributed by atoms with Crippen LogP contribution in [0.4, 0.5) is 5.69 Å². The summed E-state index contributed by atoms with van der Waals surface area (Å²) in [5.74, 6) is -0.0706. The summed E-state index contributed by atoms with van der Waals surface area (Å²) in [4.78, 5) is 14.6. The van der Waals surface area contributed by atoms with Crippen molar-refractivity contribution in [1.82, 2.24) is 9.21 Å². The summed E-state index contributed by atoms with van der Waals surface area (Å²) in [6, 6.07) is 15.8. The third-order valence-electron chi connectivity index (χ3n) is 4.91. The molecule has 2 aromatic rings. The Morgan fingerprint density at radius 2 is 1.64 bits per heavy atom. The SMILES string of the molecule is CN(Cc1ccccc1)S(=O)(=O)c1ccc(NC(=O)CN2CCCCC2)cc1. The average Bonchev–Trinajstić information content (AvgIpc) is 2.70. The molecular weight excluding hydrogens is 374 g/mol. The lowest BCUT2D eigenvalue weighted by Gasteiger charge is -2.25. The molecule has 150 valence electrons. The molecule has 1 saturated heterocycles. The highest BCUT2D eigenvalue weighted by atomic mass is 32.2. The molecule has 1 aliphatic rings. The van der Waals surface area contributed by atoms with E-state index < -0.39 is 10.0 Å². The number of amides is 1. The number of hydrogen-bond donors (Lipinski definition) is 1. The van der Waals surface area contributed by atoms with Crippen LogP contribution >= 0.6 is 0 Å². The molecule has 0 bridgehead atoms. The Labute approximate surface area is 167 Å². The largest absolute Gasteiger partial charge is 0.325 e. The van der Waals surface area contributed by atoms with Gasteiger partial charge in [-0.3, -0.25) is 9.69 Å². The van der Waals surface area contributed by atoms with Crippen molar-refractivity contribution >= 4 is 21.6 Å². The van der Waals surface area contributed by atoms with Crippen LogP contribution in [0.3, 0.4) is 0 Å². The van der Waals surface area contributed by atoms with Crippen LogP contribution < -0.4 is 5.32 Å². The molecule has 1 N–H and O–H groups in total. The van der Waals surface area contributed by atoms with E-state index in [0.717, 1.165) is 31.5 Å². The van der Waals surface area contributed by atoms with Gasteiger partial charge in [-0.1, -0.05) is 36.8 Å². The maximum absolute atomic E-state index is 12.8. The van der Waals surface area contributed by atoms with Gasteiger partial charge in [0.25, 0.3) is 0 Å². The van der Waals surface area contributed by atoms with Gasteiger partial charge < -0.3 is 5.32 Å². The highest BCUT2D eigenvalue weighted by Crippen LogP contribution is 2.19. The Kier molecular flexibility index (Phi) is 6.83. The van der Waals surface area contributed by atoms with Crippen LogP contribution in [0, 0.1) is 0 Å². The summed E-state index contributed by atoms with van der Waals surface area (Å²) in [5.41, 5.74) is 1.53. The molecule has 1 aliphatic heterocycles. The van der Waals surface area contributed by atoms with Crippen LogP contribution in [0.25, 0.3) is 0 Å². The molecule has 1 heterocycles. The molecule has 0 spiro atoms. The lowest BCUT2D eigenvalue weighted by Crippen LogP contribution is -2.36. The highest BCUT2D eigenvalue weighted by Gasteiger charge is 2.21. The van der Waals surface area contributed by atoms with E-state index in [4.69, 9.17) is 0 Å². The highest BCUT2D eigenvalue weighted by molar-refractivity contribution is 7.89. The number of carbonyl (C=O) groups excluding carboxylic acids is 1. The van der Waals surface area contributed by atoms with E-state index in [1.165, 1.54) is 22.9 Å². The fourth-order valence-electron chi connectivity index (χ4n) is 3.34. The Bertz CT molecular complexity index is 877. The molecule has 3 rings (SSSR count). The van der Waals surface area contributed by atoms with Gasteiger partial charge in [-0.2, -0.15) is 4.31 Å². The van der Waals surface area contributed by atoms with Crippen molar-refractivity contribution in [2.24, 2.45) is 0 Å². The van der Waals surface area contributed by atoms with Crippen molar-refractivity contribution in [3.05, 3.63) is 60.2 Å². The Hall–Kier alpha value is -2.22. The fourth-order valence-corrected chi connectivity index (χ4v) is 4.50. The van der Waals surface area contributed by atoms with Crippen LogP contribution in [-0.4, -0.2) is 50.2 Å². The van der Waals surface area contributed by atoms with E-state index in [0.29, 0.717) is 18.8 Å². The first-order chi connectivity index (χ1) is 13.4. The molecule has 1 amide bonds. The summed E-state index contributed by atoms with van der Waals surface area (Å²) in [6.45, 7) is 2.59. The Morgan fingerprint density at radius 1 is 1.00 bits per heavy atom. The van der Waals surface area contributed by atoms with Gasteiger partial charge in [0.15, 0.2) is 0 Å². The van der Waals surface area contributed by atoms with E-state index in [-0.39, 0.29) is 10.8 Å². The summed E-state index contributed by atoms with van der Waals surface area (Å²) < 4.78 is 26.9. The predicted molar refractivity (Wildman–Crippen MR) is 110 cm³/mol. The fraction of sp³-hybridized carbons (Fsp3) is 0.381. The normalized spacial score (nSPS) is 15.5. The van der Waals surface area contributed by atoms with Crippen LogP contribution in [-0.2, 0) is 21.4 Å². The minimum Gasteiger partial charge on any atom is -0.325 e. The van der Waals surface area contributed by atoms with Crippen LogP contribution in [0.2, 0.25) is 0 Å². The minimum atomic E-state index is -3.59. The number of benzene rings is 2. The number of anilines is 1. The average molecular weight is 402 g/mol. The zero-order valence-electron chi connectivity index (χ0n) is 16.2. The molecular formula is C21H27N3O3S. The summed E-state index contributed by atoms with van der Waals surface area (Å²) in [7, 11) is -2.03. The lowest BCUT2D eigenvalue weighted by atomic mass is 10.1. The van der Waals surface area contributed by atoms with Crippen molar-refractivity contribution in [2.75, 3.05) is 32.0 Å². The van der Waals surface area contributed by atoms with Crippen molar-refractivity contribution in [3.63, 3.8) is 0 Å². The van der Waals surface area contributed by atoms with E-state index in [1.54, 1.807) is 19.2 Å². The van der Waals surface area contributed by atoms with Gasteiger partial charge in [0.2, 0.25) is 15.9 Å². The number of hydrogen-bond acceptors (Lipinski definition) is 4. The third-order valence-corrected chi connectivity index (χ3v) is 6.73. The quantitative estimate of drug-likeness (QED) is 0.774. The van der Waals surface area contributed by atoms with E-state index in [2.05, 4.69) is 10.2 Å². The first-order valence-electron chi connectivity index (χ1n) is 9.58. The molecule has 0 atom stereocenters. The van der Waals surface area contributed by atoms with Gasteiger partial charge >= 0.3 is 0 Å². The second-order valence-corrected chi connectivity index (χ2v) is 9.20. The predicted octanol–water partition coefficient (Wildman–Crippen LogP) is 2.93. The first kappa shape index (κ1) is 20.5. The van der Waals surface area contributed by atoms with Crippen molar-refractivity contribution < 1.29 is 13.2 Å². The molecule has 0 radical (unpaired) electrons. The molecule has 2 aromatic carbocycles. The molecule has 6 nitrogen and oxygen atoms in total. The van der Waals surface area contributed by atoms with Gasteiger partial charge in [-0.25, -0.2) is 8.42 Å². The Balaban J connectivity index is 1.60. The number of rotatable bonds is 7. The van der Waals surface area contributed by atoms with Crippen molar-refractivity contribution in [1.29, 1.82) is 0 Å². The number of piperidine rings is 1. The maximum atomic E-state index is 12.8. The summed E-state index contributed by atoms with van der Waals surface area (Å²) in [6.07, 6.45) is 3.50. The molecule has 0 aliphatic carbocycles. The maximum Gasteiger partial charge on any atom is 0.243 e. The van der Waals surface area contributed by atoms with Gasteiger partial charge in [0, 0.05) is 19.3 Å². The second kappa shape index (κ2) is 9.32. The topological polar surface area (TPSA) is 69.7 Å². The van der Waals surface area contributed by atoms with Crippen LogP contribution in [0.5, 0.6) is 0 Å². The standard InChI is InChI=1S/C21H27N3O3S/c1-23(16-18-8-4-2-5-9-18)28(26,27)20-12-10-19(11-13-20)22-21(25)17-24-14-6-3-7-15-24/h2,4-5,8-13H,3,6-7,14-17H2,1H3,(H,22,25). The zero-order chi connectivity index (χ0) is 20.0. The van der Waals surface area contributed by atoms with Gasteiger partial charge in [-0.15, -0.1) is 0 Å². The minimum absolute atomic E-state index is 0.0706. The van der Waals surface area contributed by atoms with Gasteiger partial charge in [0.05, 0.1) is 11.4 Å². The first-order valence-corrected chi connectivity index (χ1v) is 11.0. The molecule has 7 heteroatoms. The molecule has 1 fully saturated rings. The van der Waals surface area contributed by atoms with E-state index in [9.17, 15) is 13.2 Å². The van der Waals surface area contributed by atoms with Gasteiger partial charge in [-0.05, 0) is 55.8 Å². The second-order valence-electron chi connectivity index (χ2n) is 7.16. The third kappa shape index (κ3) is 5.41. The summed E-state index contributed by atoms with van der Waals surface area (Å²) in [5, 5.41) is 2.85. The number of sulfonamides is 1. The smallest absolute Gasteiger partial charge is 0.243 e.